The SMILES string of the molecule is Cc1cc(Cl)cc(Cl)c1S(=O)(=O)NC(=O)[C@@]12C[C@H]1C=CCCCCC[C@H](NC(=O)OC(C)(C)C)C(=O)N1CCC[C@H]1C(=O)N2. The van der Waals surface area contributed by atoms with Crippen LogP contribution in [0, 0.1) is 12.8 Å². The van der Waals surface area contributed by atoms with Crippen molar-refractivity contribution < 1.29 is 32.3 Å². The molecule has 0 aromatic heterocycles. The van der Waals surface area contributed by atoms with Gasteiger partial charge in [0.05, 0.1) is 5.02 Å². The van der Waals surface area contributed by atoms with E-state index in [1.807, 2.05) is 12.2 Å². The Morgan fingerprint density at radius 1 is 1.09 bits per heavy atom. The van der Waals surface area contributed by atoms with Crippen molar-refractivity contribution in [1.29, 1.82) is 0 Å². The summed E-state index contributed by atoms with van der Waals surface area (Å²) >= 11 is 12.2. The molecular formula is C30H40Cl2N4O7S. The number of nitrogens with one attached hydrogen (secondary N) is 3. The largest absolute Gasteiger partial charge is 0.444 e. The molecule has 0 unspecified atom stereocenters. The smallest absolute Gasteiger partial charge is 0.408 e. The van der Waals surface area contributed by atoms with E-state index in [1.165, 1.54) is 24.0 Å². The van der Waals surface area contributed by atoms with Crippen LogP contribution < -0.4 is 15.4 Å². The molecule has 1 aromatic rings. The van der Waals surface area contributed by atoms with Gasteiger partial charge in [-0.25, -0.2) is 17.9 Å². The van der Waals surface area contributed by atoms with Crippen LogP contribution in [0.4, 0.5) is 4.79 Å². The third-order valence-electron chi connectivity index (χ3n) is 8.02. The van der Waals surface area contributed by atoms with Crippen molar-refractivity contribution in [3.63, 3.8) is 0 Å². The maximum atomic E-state index is 13.7. The molecule has 242 valence electrons. The van der Waals surface area contributed by atoms with Gasteiger partial charge in [0.2, 0.25) is 11.8 Å². The van der Waals surface area contributed by atoms with Crippen LogP contribution in [0.5, 0.6) is 0 Å². The van der Waals surface area contributed by atoms with Gasteiger partial charge in [0.1, 0.15) is 28.1 Å². The van der Waals surface area contributed by atoms with E-state index in [-0.39, 0.29) is 26.9 Å². The van der Waals surface area contributed by atoms with E-state index in [1.54, 1.807) is 20.8 Å². The molecule has 1 saturated heterocycles. The molecule has 1 saturated carbocycles. The lowest BCUT2D eigenvalue weighted by molar-refractivity contribution is -0.141. The Kier molecular flexibility index (Phi) is 10.3. The highest BCUT2D eigenvalue weighted by Crippen LogP contribution is 2.46. The number of hydrogen-bond donors (Lipinski definition) is 3. The molecule has 2 heterocycles. The first-order valence-electron chi connectivity index (χ1n) is 14.9. The van der Waals surface area contributed by atoms with Gasteiger partial charge < -0.3 is 20.3 Å². The van der Waals surface area contributed by atoms with Crippen LogP contribution in [0.3, 0.4) is 0 Å². The normalized spacial score (nSPS) is 26.4. The van der Waals surface area contributed by atoms with E-state index in [0.717, 1.165) is 12.8 Å². The van der Waals surface area contributed by atoms with Crippen LogP contribution in [0.1, 0.15) is 77.7 Å². The minimum absolute atomic E-state index is 0.138. The molecule has 0 spiro atoms. The summed E-state index contributed by atoms with van der Waals surface area (Å²) in [7, 11) is -4.42. The lowest BCUT2D eigenvalue weighted by Crippen LogP contribution is -2.58. The standard InChI is InChI=1S/C30H40Cl2N4O7S/c1-18-15-20(31)16-21(32)24(18)44(41,42)35-27(39)30-17-19(30)11-8-6-5-7-9-12-22(33-28(40)43-29(2,3)4)26(38)36-14-10-13-23(36)25(37)34-30/h8,11,15-16,19,22-23H,5-7,9-10,12-14,17H2,1-4H3,(H,33,40)(H,34,37)(H,35,39)/t19-,22+,23+,30-/m1/s1. The number of alkyl carbamates (subject to hydrolysis) is 1. The highest BCUT2D eigenvalue weighted by atomic mass is 35.5. The first kappa shape index (κ1) is 34.1. The number of fused-ring (bicyclic) bond motifs is 2. The zero-order valence-electron chi connectivity index (χ0n) is 25.4. The summed E-state index contributed by atoms with van der Waals surface area (Å²) in [5.74, 6) is -2.30. The van der Waals surface area contributed by atoms with Crippen molar-refractivity contribution in [2.75, 3.05) is 6.54 Å². The molecule has 0 radical (unpaired) electrons. The van der Waals surface area contributed by atoms with Crippen molar-refractivity contribution in [3.8, 4) is 0 Å². The van der Waals surface area contributed by atoms with Gasteiger partial charge in [-0.15, -0.1) is 0 Å². The lowest BCUT2D eigenvalue weighted by Gasteiger charge is -2.30. The Morgan fingerprint density at radius 2 is 1.82 bits per heavy atom. The summed E-state index contributed by atoms with van der Waals surface area (Å²) < 4.78 is 34.2. The third-order valence-corrected chi connectivity index (χ3v) is 10.2. The molecule has 2 fully saturated rings. The quantitative estimate of drug-likeness (QED) is 0.402. The van der Waals surface area contributed by atoms with Gasteiger partial charge in [0.15, 0.2) is 0 Å². The van der Waals surface area contributed by atoms with Gasteiger partial charge in [0, 0.05) is 17.5 Å². The van der Waals surface area contributed by atoms with Gasteiger partial charge in [-0.1, -0.05) is 48.2 Å². The summed E-state index contributed by atoms with van der Waals surface area (Å²) in [5, 5.41) is 5.60. The molecule has 4 atom stereocenters. The van der Waals surface area contributed by atoms with Crippen LogP contribution in [-0.2, 0) is 29.1 Å². The van der Waals surface area contributed by atoms with Gasteiger partial charge in [0.25, 0.3) is 15.9 Å². The predicted octanol–water partition coefficient (Wildman–Crippen LogP) is 4.39. The maximum Gasteiger partial charge on any atom is 0.408 e. The molecule has 1 aromatic carbocycles. The van der Waals surface area contributed by atoms with E-state index in [2.05, 4.69) is 15.4 Å². The summed E-state index contributed by atoms with van der Waals surface area (Å²) in [5.41, 5.74) is -2.02. The molecule has 3 N–H and O–H groups in total. The summed E-state index contributed by atoms with van der Waals surface area (Å²) in [6, 6.07) is 0.923. The fourth-order valence-corrected chi connectivity index (χ4v) is 8.06. The second-order valence-electron chi connectivity index (χ2n) is 12.7. The van der Waals surface area contributed by atoms with Crippen LogP contribution in [-0.4, -0.2) is 66.9 Å². The second-order valence-corrected chi connectivity index (χ2v) is 15.2. The summed E-state index contributed by atoms with van der Waals surface area (Å²) in [6.45, 7) is 7.00. The van der Waals surface area contributed by atoms with Gasteiger partial charge in [-0.3, -0.25) is 14.4 Å². The van der Waals surface area contributed by atoms with E-state index in [0.29, 0.717) is 38.6 Å². The van der Waals surface area contributed by atoms with Crippen molar-refractivity contribution in [2.45, 2.75) is 107 Å². The van der Waals surface area contributed by atoms with Crippen LogP contribution in [0.15, 0.2) is 29.2 Å². The first-order chi connectivity index (χ1) is 20.5. The minimum Gasteiger partial charge on any atom is -0.444 e. The minimum atomic E-state index is -4.42. The number of sulfonamides is 1. The van der Waals surface area contributed by atoms with Crippen LogP contribution in [0.2, 0.25) is 10.0 Å². The third kappa shape index (κ3) is 7.87. The lowest BCUT2D eigenvalue weighted by atomic mass is 10.0. The summed E-state index contributed by atoms with van der Waals surface area (Å²) in [6.07, 6.45) is 7.46. The maximum absolute atomic E-state index is 13.7. The molecule has 4 rings (SSSR count). The van der Waals surface area contributed by atoms with Crippen LogP contribution in [0.25, 0.3) is 0 Å². The first-order valence-corrected chi connectivity index (χ1v) is 17.1. The predicted molar refractivity (Wildman–Crippen MR) is 166 cm³/mol. The number of hydrogen-bond acceptors (Lipinski definition) is 7. The van der Waals surface area contributed by atoms with Crippen LogP contribution >= 0.6 is 23.2 Å². The molecule has 2 aliphatic heterocycles. The molecule has 44 heavy (non-hydrogen) atoms. The Bertz CT molecular complexity index is 1440. The number of carbonyl (C=O) groups is 4. The number of carbonyl (C=O) groups excluding carboxylic acids is 4. The van der Waals surface area contributed by atoms with Gasteiger partial charge in [-0.05, 0) is 83.9 Å². The Morgan fingerprint density at radius 3 is 2.50 bits per heavy atom. The number of ether oxygens (including phenoxy) is 1. The zero-order chi connectivity index (χ0) is 32.4. The van der Waals surface area contributed by atoms with Gasteiger partial charge in [-0.2, -0.15) is 0 Å². The highest BCUT2D eigenvalue weighted by Gasteiger charge is 2.61. The second kappa shape index (κ2) is 13.3. The number of aryl methyl sites for hydroxylation is 1. The van der Waals surface area contributed by atoms with Crippen molar-refractivity contribution in [3.05, 3.63) is 39.9 Å². The zero-order valence-corrected chi connectivity index (χ0v) is 27.7. The van der Waals surface area contributed by atoms with E-state index >= 15 is 0 Å². The molecule has 1 aliphatic carbocycles. The van der Waals surface area contributed by atoms with E-state index in [4.69, 9.17) is 27.9 Å². The molecule has 4 amide bonds. The molecule has 14 heteroatoms. The Labute approximate surface area is 268 Å². The number of allylic oxidation sites excluding steroid dienone is 1. The van der Waals surface area contributed by atoms with Crippen molar-refractivity contribution in [1.82, 2.24) is 20.3 Å². The molecule has 11 nitrogen and oxygen atoms in total. The number of nitrogens with zero attached hydrogens (tertiary/aromatic N) is 1. The monoisotopic (exact) mass is 670 g/mol. The van der Waals surface area contributed by atoms with Crippen molar-refractivity contribution in [2.24, 2.45) is 5.92 Å². The average molecular weight is 672 g/mol. The molecule has 3 aliphatic rings. The number of amides is 4. The Hall–Kier alpha value is -2.83. The van der Waals surface area contributed by atoms with Crippen molar-refractivity contribution >= 4 is 57.0 Å². The fourth-order valence-electron chi connectivity index (χ4n) is 5.84. The summed E-state index contributed by atoms with van der Waals surface area (Å²) in [4.78, 5) is 54.9. The van der Waals surface area contributed by atoms with Gasteiger partial charge >= 0.3 is 6.09 Å². The molecular weight excluding hydrogens is 631 g/mol. The number of benzene rings is 1. The number of halogens is 2. The fraction of sp³-hybridized carbons (Fsp3) is 0.600. The van der Waals surface area contributed by atoms with E-state index in [9.17, 15) is 27.6 Å². The highest BCUT2D eigenvalue weighted by molar-refractivity contribution is 7.90. The average Bonchev–Trinajstić information content (AvgIpc) is 3.34. The molecule has 0 bridgehead atoms. The topological polar surface area (TPSA) is 151 Å². The van der Waals surface area contributed by atoms with E-state index < -0.39 is 63.0 Å². The Balaban J connectivity index is 1.59. The number of rotatable bonds is 4.